The highest BCUT2D eigenvalue weighted by Gasteiger charge is 2.36. The Labute approximate surface area is 100 Å². The van der Waals surface area contributed by atoms with Crippen molar-refractivity contribution in [2.45, 2.75) is 30.8 Å². The molecule has 17 heavy (non-hydrogen) atoms. The molecule has 0 bridgehead atoms. The van der Waals surface area contributed by atoms with E-state index in [1.807, 2.05) is 6.92 Å². The van der Waals surface area contributed by atoms with Crippen molar-refractivity contribution in [1.82, 2.24) is 4.72 Å². The maximum absolute atomic E-state index is 13.2. The maximum Gasteiger partial charge on any atom is 0.240 e. The molecule has 0 heterocycles. The lowest BCUT2D eigenvalue weighted by Crippen LogP contribution is -2.27. The Morgan fingerprint density at radius 2 is 2.18 bits per heavy atom. The van der Waals surface area contributed by atoms with Crippen LogP contribution in [-0.2, 0) is 16.6 Å². The third-order valence-corrected chi connectivity index (χ3v) is 4.45. The van der Waals surface area contributed by atoms with Crippen molar-refractivity contribution in [3.63, 3.8) is 0 Å². The predicted octanol–water partition coefficient (Wildman–Crippen LogP) is 0.971. The summed E-state index contributed by atoms with van der Waals surface area (Å²) >= 11 is 0. The van der Waals surface area contributed by atoms with Gasteiger partial charge < -0.3 is 5.73 Å². The molecule has 2 rings (SSSR count). The maximum atomic E-state index is 13.2. The summed E-state index contributed by atoms with van der Waals surface area (Å²) in [6, 6.07) is 3.67. The van der Waals surface area contributed by atoms with Crippen LogP contribution in [0.3, 0.4) is 0 Å². The normalized spacial score (nSPS) is 23.7. The number of nitrogens with one attached hydrogen (secondary N) is 1. The monoisotopic (exact) mass is 258 g/mol. The van der Waals surface area contributed by atoms with Gasteiger partial charge in [0.1, 0.15) is 5.82 Å². The second-order valence-electron chi connectivity index (χ2n) is 4.40. The first-order chi connectivity index (χ1) is 7.94. The molecule has 0 aliphatic heterocycles. The Balaban J connectivity index is 2.26. The lowest BCUT2D eigenvalue weighted by atomic mass is 10.2. The smallest absolute Gasteiger partial charge is 0.240 e. The van der Waals surface area contributed by atoms with Crippen molar-refractivity contribution in [3.8, 4) is 0 Å². The number of halogens is 1. The predicted molar refractivity (Wildman–Crippen MR) is 62.2 cm³/mol. The lowest BCUT2D eigenvalue weighted by molar-refractivity contribution is 0.576. The van der Waals surface area contributed by atoms with Crippen LogP contribution in [-0.4, -0.2) is 14.5 Å². The fourth-order valence-corrected chi connectivity index (χ4v) is 3.04. The van der Waals surface area contributed by atoms with Crippen LogP contribution in [0, 0.1) is 11.7 Å². The van der Waals surface area contributed by atoms with Crippen LogP contribution in [0.2, 0.25) is 0 Å². The van der Waals surface area contributed by atoms with Crippen molar-refractivity contribution in [2.75, 3.05) is 0 Å². The average Bonchev–Trinajstić information content (AvgIpc) is 2.93. The molecule has 6 heteroatoms. The number of sulfonamides is 1. The second-order valence-corrected chi connectivity index (χ2v) is 6.11. The van der Waals surface area contributed by atoms with Gasteiger partial charge in [-0.1, -0.05) is 6.92 Å². The summed E-state index contributed by atoms with van der Waals surface area (Å²) in [5.41, 5.74) is 5.55. The number of nitrogens with two attached hydrogens (primary N) is 1. The number of hydrogen-bond acceptors (Lipinski definition) is 3. The van der Waals surface area contributed by atoms with E-state index in [9.17, 15) is 12.8 Å². The summed E-state index contributed by atoms with van der Waals surface area (Å²) in [4.78, 5) is 0.0680. The van der Waals surface area contributed by atoms with Gasteiger partial charge in [0.05, 0.1) is 4.90 Å². The third-order valence-electron chi connectivity index (χ3n) is 2.96. The van der Waals surface area contributed by atoms with Gasteiger partial charge in [-0.05, 0) is 30.5 Å². The third kappa shape index (κ3) is 2.65. The highest BCUT2D eigenvalue weighted by Crippen LogP contribution is 2.30. The van der Waals surface area contributed by atoms with Crippen LogP contribution in [0.1, 0.15) is 18.9 Å². The molecule has 1 fully saturated rings. The minimum atomic E-state index is -3.55. The first kappa shape index (κ1) is 12.5. The summed E-state index contributed by atoms with van der Waals surface area (Å²) < 4.78 is 39.6. The molecule has 0 spiro atoms. The van der Waals surface area contributed by atoms with E-state index in [2.05, 4.69) is 4.72 Å². The fourth-order valence-electron chi connectivity index (χ4n) is 1.63. The van der Waals surface area contributed by atoms with Crippen LogP contribution < -0.4 is 10.5 Å². The molecule has 1 aromatic carbocycles. The molecule has 3 N–H and O–H groups in total. The highest BCUT2D eigenvalue weighted by atomic mass is 32.2. The molecule has 1 aliphatic rings. The van der Waals surface area contributed by atoms with Crippen LogP contribution >= 0.6 is 0 Å². The number of hydrogen-bond donors (Lipinski definition) is 2. The Bertz CT molecular complexity index is 530. The van der Waals surface area contributed by atoms with E-state index in [1.165, 1.54) is 12.1 Å². The molecule has 1 saturated carbocycles. The van der Waals surface area contributed by atoms with E-state index in [-0.39, 0.29) is 23.0 Å². The van der Waals surface area contributed by atoms with Crippen LogP contribution in [0.15, 0.2) is 23.1 Å². The van der Waals surface area contributed by atoms with Gasteiger partial charge in [0.25, 0.3) is 0 Å². The summed E-state index contributed by atoms with van der Waals surface area (Å²) in [6.07, 6.45) is 0.851. The molecule has 1 aromatic rings. The standard InChI is InChI=1S/C11H15FN2O2S/c1-7-4-11(7)14-17(15,16)9-2-3-10(12)8(5-9)6-13/h2-3,5,7,11,14H,4,6,13H2,1H3. The minimum absolute atomic E-state index is 0.00591. The summed E-state index contributed by atoms with van der Waals surface area (Å²) in [6.45, 7) is 1.96. The molecule has 4 nitrogen and oxygen atoms in total. The van der Waals surface area contributed by atoms with Crippen molar-refractivity contribution in [3.05, 3.63) is 29.6 Å². The summed E-state index contributed by atoms with van der Waals surface area (Å²) in [5.74, 6) is -0.106. The highest BCUT2D eigenvalue weighted by molar-refractivity contribution is 7.89. The molecule has 1 aliphatic carbocycles. The molecule has 0 amide bonds. The Morgan fingerprint density at radius 3 is 2.71 bits per heavy atom. The molecule has 0 saturated heterocycles. The van der Waals surface area contributed by atoms with E-state index in [0.717, 1.165) is 12.5 Å². The van der Waals surface area contributed by atoms with Crippen molar-refractivity contribution in [2.24, 2.45) is 11.7 Å². The van der Waals surface area contributed by atoms with Crippen molar-refractivity contribution >= 4 is 10.0 Å². The van der Waals surface area contributed by atoms with E-state index in [0.29, 0.717) is 5.92 Å². The van der Waals surface area contributed by atoms with Gasteiger partial charge in [0.2, 0.25) is 10.0 Å². The van der Waals surface area contributed by atoms with Crippen LogP contribution in [0.4, 0.5) is 4.39 Å². The number of benzene rings is 1. The van der Waals surface area contributed by atoms with Crippen LogP contribution in [0.5, 0.6) is 0 Å². The lowest BCUT2D eigenvalue weighted by Gasteiger charge is -2.07. The molecule has 94 valence electrons. The molecular formula is C11H15FN2O2S. The molecule has 2 unspecified atom stereocenters. The van der Waals surface area contributed by atoms with E-state index >= 15 is 0 Å². The zero-order chi connectivity index (χ0) is 12.6. The van der Waals surface area contributed by atoms with Crippen molar-refractivity contribution in [1.29, 1.82) is 0 Å². The zero-order valence-corrected chi connectivity index (χ0v) is 10.3. The minimum Gasteiger partial charge on any atom is -0.326 e. The van der Waals surface area contributed by atoms with E-state index < -0.39 is 15.8 Å². The largest absolute Gasteiger partial charge is 0.326 e. The molecule has 0 radical (unpaired) electrons. The second kappa shape index (κ2) is 4.36. The zero-order valence-electron chi connectivity index (χ0n) is 9.48. The molecular weight excluding hydrogens is 243 g/mol. The first-order valence-corrected chi connectivity index (χ1v) is 6.93. The first-order valence-electron chi connectivity index (χ1n) is 5.45. The van der Waals surface area contributed by atoms with Gasteiger partial charge in [0.15, 0.2) is 0 Å². The fraction of sp³-hybridized carbons (Fsp3) is 0.455. The number of rotatable bonds is 4. The van der Waals surface area contributed by atoms with Gasteiger partial charge >= 0.3 is 0 Å². The summed E-state index contributed by atoms with van der Waals surface area (Å²) in [5, 5.41) is 0. The van der Waals surface area contributed by atoms with E-state index in [4.69, 9.17) is 5.73 Å². The van der Waals surface area contributed by atoms with Crippen molar-refractivity contribution < 1.29 is 12.8 Å². The van der Waals surface area contributed by atoms with Gasteiger partial charge in [-0.15, -0.1) is 0 Å². The quantitative estimate of drug-likeness (QED) is 0.845. The average molecular weight is 258 g/mol. The van der Waals surface area contributed by atoms with Gasteiger partial charge in [-0.3, -0.25) is 0 Å². The topological polar surface area (TPSA) is 72.2 Å². The Hall–Kier alpha value is -0.980. The van der Waals surface area contributed by atoms with Gasteiger partial charge in [-0.2, -0.15) is 0 Å². The SMILES string of the molecule is CC1CC1NS(=O)(=O)c1ccc(F)c(CN)c1. The molecule has 2 atom stereocenters. The van der Waals surface area contributed by atoms with Gasteiger partial charge in [0, 0.05) is 18.2 Å². The van der Waals surface area contributed by atoms with E-state index in [1.54, 1.807) is 0 Å². The Morgan fingerprint density at radius 1 is 1.53 bits per heavy atom. The Kier molecular flexibility index (Phi) is 3.20. The summed E-state index contributed by atoms with van der Waals surface area (Å²) in [7, 11) is -3.55. The van der Waals surface area contributed by atoms with Gasteiger partial charge in [-0.25, -0.2) is 17.5 Å². The molecule has 0 aromatic heterocycles. The van der Waals surface area contributed by atoms with Crippen LogP contribution in [0.25, 0.3) is 0 Å².